The summed E-state index contributed by atoms with van der Waals surface area (Å²) >= 11 is 1.67. The molecular formula is C19H25NO2S. The highest BCUT2D eigenvalue weighted by Crippen LogP contribution is 2.21. The van der Waals surface area contributed by atoms with Crippen molar-refractivity contribution >= 4 is 11.8 Å². The smallest absolute Gasteiger partial charge is 0.0965 e. The van der Waals surface area contributed by atoms with Crippen LogP contribution in [0.3, 0.4) is 0 Å². The first kappa shape index (κ1) is 18.0. The summed E-state index contributed by atoms with van der Waals surface area (Å²) in [7, 11) is 0. The van der Waals surface area contributed by atoms with Gasteiger partial charge in [-0.15, -0.1) is 11.8 Å². The van der Waals surface area contributed by atoms with Crippen LogP contribution in [0.15, 0.2) is 59.5 Å². The maximum absolute atomic E-state index is 10.5. The van der Waals surface area contributed by atoms with Crippen molar-refractivity contribution in [1.29, 1.82) is 0 Å². The molecule has 2 rings (SSSR count). The Morgan fingerprint density at radius 3 is 2.26 bits per heavy atom. The highest BCUT2D eigenvalue weighted by Gasteiger charge is 2.21. The molecule has 2 aromatic carbocycles. The molecular weight excluding hydrogens is 306 g/mol. The molecule has 0 aliphatic heterocycles. The number of aliphatic hydroxyl groups is 2. The van der Waals surface area contributed by atoms with E-state index in [2.05, 4.69) is 24.4 Å². The number of hydrogen-bond acceptors (Lipinski definition) is 4. The highest BCUT2D eigenvalue weighted by molar-refractivity contribution is 7.98. The fraction of sp³-hybridized carbons (Fsp3) is 0.368. The van der Waals surface area contributed by atoms with Gasteiger partial charge in [-0.25, -0.2) is 0 Å². The molecule has 3 nitrogen and oxygen atoms in total. The first-order valence-electron chi connectivity index (χ1n) is 7.87. The van der Waals surface area contributed by atoms with Crippen molar-refractivity contribution in [2.24, 2.45) is 0 Å². The summed E-state index contributed by atoms with van der Waals surface area (Å²) < 4.78 is 0. The highest BCUT2D eigenvalue weighted by atomic mass is 32.2. The number of rotatable bonds is 8. The fourth-order valence-electron chi connectivity index (χ4n) is 2.67. The van der Waals surface area contributed by atoms with Crippen LogP contribution in [-0.2, 0) is 6.42 Å². The van der Waals surface area contributed by atoms with Crippen molar-refractivity contribution in [2.45, 2.75) is 36.4 Å². The Labute approximate surface area is 142 Å². The third-order valence-corrected chi connectivity index (χ3v) is 4.66. The Morgan fingerprint density at radius 1 is 1.04 bits per heavy atom. The van der Waals surface area contributed by atoms with Gasteiger partial charge in [-0.1, -0.05) is 42.5 Å². The van der Waals surface area contributed by atoms with E-state index in [4.69, 9.17) is 0 Å². The quantitative estimate of drug-likeness (QED) is 0.651. The molecule has 0 aliphatic rings. The van der Waals surface area contributed by atoms with Crippen LogP contribution in [-0.4, -0.2) is 35.2 Å². The molecule has 1 unspecified atom stereocenters. The zero-order valence-electron chi connectivity index (χ0n) is 13.6. The van der Waals surface area contributed by atoms with Gasteiger partial charge in [-0.3, -0.25) is 0 Å². The predicted molar refractivity (Wildman–Crippen MR) is 96.8 cm³/mol. The third kappa shape index (κ3) is 5.36. The third-order valence-electron chi connectivity index (χ3n) is 3.92. The van der Waals surface area contributed by atoms with Gasteiger partial charge in [0.15, 0.2) is 0 Å². The Morgan fingerprint density at radius 2 is 1.70 bits per heavy atom. The predicted octanol–water partition coefficient (Wildman–Crippen LogP) is 3.02. The van der Waals surface area contributed by atoms with Gasteiger partial charge in [-0.2, -0.15) is 0 Å². The van der Waals surface area contributed by atoms with Crippen LogP contribution in [0.1, 0.15) is 24.2 Å². The molecule has 3 N–H and O–H groups in total. The fourth-order valence-corrected chi connectivity index (χ4v) is 3.08. The second-order valence-electron chi connectivity index (χ2n) is 5.76. The van der Waals surface area contributed by atoms with E-state index in [-0.39, 0.29) is 18.7 Å². The molecule has 0 heterocycles. The van der Waals surface area contributed by atoms with Crippen LogP contribution in [0.25, 0.3) is 0 Å². The molecule has 3 atom stereocenters. The van der Waals surface area contributed by atoms with Crippen LogP contribution in [0.5, 0.6) is 0 Å². The maximum Gasteiger partial charge on any atom is 0.0965 e. The van der Waals surface area contributed by atoms with Crippen LogP contribution in [0, 0.1) is 0 Å². The Hall–Kier alpha value is -1.33. The zero-order chi connectivity index (χ0) is 16.7. The number of benzene rings is 2. The summed E-state index contributed by atoms with van der Waals surface area (Å²) in [5, 5.41) is 23.5. The normalized spacial score (nSPS) is 15.1. The lowest BCUT2D eigenvalue weighted by Crippen LogP contribution is -2.44. The van der Waals surface area contributed by atoms with Crippen LogP contribution < -0.4 is 5.32 Å². The topological polar surface area (TPSA) is 52.5 Å². The molecule has 124 valence electrons. The summed E-state index contributed by atoms with van der Waals surface area (Å²) in [5.41, 5.74) is 2.06. The van der Waals surface area contributed by atoms with E-state index in [1.165, 1.54) is 5.56 Å². The monoisotopic (exact) mass is 331 g/mol. The van der Waals surface area contributed by atoms with E-state index in [9.17, 15) is 10.2 Å². The molecule has 0 amide bonds. The lowest BCUT2D eigenvalue weighted by Gasteiger charge is -2.26. The van der Waals surface area contributed by atoms with Gasteiger partial charge in [0.1, 0.15) is 0 Å². The van der Waals surface area contributed by atoms with Gasteiger partial charge in [0, 0.05) is 10.9 Å². The SMILES string of the molecule is CSc1ccc([C@H](O)[C@H](CO)NC(C)Cc2ccccc2)cc1. The molecule has 2 aromatic rings. The maximum atomic E-state index is 10.5. The van der Waals surface area contributed by atoms with E-state index in [1.807, 2.05) is 48.7 Å². The lowest BCUT2D eigenvalue weighted by molar-refractivity contribution is 0.0844. The van der Waals surface area contributed by atoms with Crippen molar-refractivity contribution in [2.75, 3.05) is 12.9 Å². The first-order valence-corrected chi connectivity index (χ1v) is 9.09. The van der Waals surface area contributed by atoms with Gasteiger partial charge in [0.2, 0.25) is 0 Å². The summed E-state index contributed by atoms with van der Waals surface area (Å²) in [6.45, 7) is 1.96. The second kappa shape index (κ2) is 9.08. The number of aliphatic hydroxyl groups excluding tert-OH is 2. The van der Waals surface area contributed by atoms with E-state index in [0.717, 1.165) is 16.9 Å². The summed E-state index contributed by atoms with van der Waals surface area (Å²) in [5.74, 6) is 0. The molecule has 23 heavy (non-hydrogen) atoms. The lowest BCUT2D eigenvalue weighted by atomic mass is 10.0. The molecule has 4 heteroatoms. The van der Waals surface area contributed by atoms with Crippen LogP contribution in [0.2, 0.25) is 0 Å². The average molecular weight is 331 g/mol. The largest absolute Gasteiger partial charge is 0.395 e. The van der Waals surface area contributed by atoms with Crippen molar-refractivity contribution in [1.82, 2.24) is 5.32 Å². The number of thioether (sulfide) groups is 1. The van der Waals surface area contributed by atoms with E-state index < -0.39 is 6.10 Å². The van der Waals surface area contributed by atoms with Crippen molar-refractivity contribution in [3.8, 4) is 0 Å². The minimum atomic E-state index is -0.728. The molecule has 0 saturated heterocycles. The van der Waals surface area contributed by atoms with Crippen LogP contribution in [0.4, 0.5) is 0 Å². The van der Waals surface area contributed by atoms with Crippen molar-refractivity contribution < 1.29 is 10.2 Å². The molecule has 0 saturated carbocycles. The van der Waals surface area contributed by atoms with Crippen LogP contribution >= 0.6 is 11.8 Å². The van der Waals surface area contributed by atoms with Gasteiger partial charge >= 0.3 is 0 Å². The van der Waals surface area contributed by atoms with E-state index in [0.29, 0.717) is 0 Å². The minimum absolute atomic E-state index is 0.107. The van der Waals surface area contributed by atoms with Crippen molar-refractivity contribution in [3.63, 3.8) is 0 Å². The second-order valence-corrected chi connectivity index (χ2v) is 6.64. The van der Waals surface area contributed by atoms with Gasteiger partial charge in [0.25, 0.3) is 0 Å². The summed E-state index contributed by atoms with van der Waals surface area (Å²) in [6, 6.07) is 17.8. The Balaban J connectivity index is 1.97. The standard InChI is InChI=1S/C19H25NO2S/c1-14(12-15-6-4-3-5-7-15)20-18(13-21)19(22)16-8-10-17(23-2)11-9-16/h3-11,14,18-22H,12-13H2,1-2H3/t14?,18-,19-/m0/s1. The Bertz CT molecular complexity index is 574. The summed E-state index contributed by atoms with van der Waals surface area (Å²) in [4.78, 5) is 1.16. The summed E-state index contributed by atoms with van der Waals surface area (Å²) in [6.07, 6.45) is 2.15. The number of nitrogens with one attached hydrogen (secondary N) is 1. The molecule has 0 spiro atoms. The minimum Gasteiger partial charge on any atom is -0.395 e. The van der Waals surface area contributed by atoms with E-state index >= 15 is 0 Å². The molecule has 0 aromatic heterocycles. The molecule has 0 fully saturated rings. The van der Waals surface area contributed by atoms with Gasteiger partial charge in [-0.05, 0) is 42.9 Å². The zero-order valence-corrected chi connectivity index (χ0v) is 14.5. The van der Waals surface area contributed by atoms with Crippen molar-refractivity contribution in [3.05, 3.63) is 65.7 Å². The molecule has 0 aliphatic carbocycles. The van der Waals surface area contributed by atoms with Gasteiger partial charge < -0.3 is 15.5 Å². The molecule has 0 radical (unpaired) electrons. The number of hydrogen-bond donors (Lipinski definition) is 3. The average Bonchev–Trinajstić information content (AvgIpc) is 2.60. The molecule has 0 bridgehead atoms. The van der Waals surface area contributed by atoms with Gasteiger partial charge in [0.05, 0.1) is 18.8 Å². The first-order chi connectivity index (χ1) is 11.1. The Kier molecular flexibility index (Phi) is 7.12. The van der Waals surface area contributed by atoms with E-state index in [1.54, 1.807) is 11.8 Å².